The van der Waals surface area contributed by atoms with Crippen LogP contribution in [0.1, 0.15) is 16.8 Å². The normalized spacial score (nSPS) is 11.5. The molecule has 0 saturated carbocycles. The van der Waals surface area contributed by atoms with E-state index in [0.717, 1.165) is 23.1 Å². The number of hydrogen-bond acceptors (Lipinski definition) is 4. The fourth-order valence-electron chi connectivity index (χ4n) is 2.28. The Balaban J connectivity index is 1.54. The van der Waals surface area contributed by atoms with E-state index in [1.54, 1.807) is 24.6 Å². The van der Waals surface area contributed by atoms with Gasteiger partial charge in [-0.05, 0) is 29.5 Å². The van der Waals surface area contributed by atoms with Crippen LogP contribution in [0.2, 0.25) is 0 Å². The zero-order valence-corrected chi connectivity index (χ0v) is 14.6. The first kappa shape index (κ1) is 16.3. The highest BCUT2D eigenvalue weighted by Crippen LogP contribution is 2.23. The fraction of sp³-hybridized carbons (Fsp3) is 0.222. The van der Waals surface area contributed by atoms with Crippen LogP contribution in [0.15, 0.2) is 57.5 Å². The Labute approximate surface area is 145 Å². The Morgan fingerprint density at radius 3 is 2.75 bits per heavy atom. The highest BCUT2D eigenvalue weighted by Gasteiger charge is 2.08. The van der Waals surface area contributed by atoms with E-state index < -0.39 is 0 Å². The molecule has 0 atom stereocenters. The van der Waals surface area contributed by atoms with E-state index in [-0.39, 0.29) is 0 Å². The van der Waals surface area contributed by atoms with Crippen molar-refractivity contribution in [2.75, 3.05) is 7.05 Å². The van der Waals surface area contributed by atoms with Gasteiger partial charge in [0.15, 0.2) is 5.96 Å². The Kier molecular flexibility index (Phi) is 5.28. The van der Waals surface area contributed by atoms with Gasteiger partial charge >= 0.3 is 0 Å². The van der Waals surface area contributed by atoms with Crippen molar-refractivity contribution in [3.8, 4) is 10.8 Å². The Morgan fingerprint density at radius 1 is 1.17 bits per heavy atom. The third-order valence-corrected chi connectivity index (χ3v) is 4.51. The zero-order valence-electron chi connectivity index (χ0n) is 13.7. The molecule has 2 heterocycles. The number of benzene rings is 1. The van der Waals surface area contributed by atoms with E-state index in [1.165, 1.54) is 11.1 Å². The monoisotopic (exact) mass is 340 g/mol. The van der Waals surface area contributed by atoms with Crippen LogP contribution in [0.4, 0.5) is 0 Å². The molecule has 124 valence electrons. The van der Waals surface area contributed by atoms with Gasteiger partial charge in [-0.3, -0.25) is 4.99 Å². The smallest absolute Gasteiger partial charge is 0.236 e. The minimum Gasteiger partial charge on any atom is -0.443 e. The summed E-state index contributed by atoms with van der Waals surface area (Å²) in [5.74, 6) is 1.39. The number of oxazole rings is 1. The molecule has 0 bridgehead atoms. The lowest BCUT2D eigenvalue weighted by molar-refractivity contribution is 0.573. The van der Waals surface area contributed by atoms with Gasteiger partial charge in [-0.2, -0.15) is 0 Å². The molecule has 0 radical (unpaired) electrons. The Bertz CT molecular complexity index is 808. The van der Waals surface area contributed by atoms with Gasteiger partial charge in [0.2, 0.25) is 5.89 Å². The van der Waals surface area contributed by atoms with Crippen LogP contribution in [-0.2, 0) is 13.1 Å². The van der Waals surface area contributed by atoms with Crippen LogP contribution in [0.3, 0.4) is 0 Å². The van der Waals surface area contributed by atoms with Gasteiger partial charge in [-0.15, -0.1) is 11.3 Å². The second-order valence-corrected chi connectivity index (χ2v) is 6.27. The summed E-state index contributed by atoms with van der Waals surface area (Å²) in [4.78, 5) is 9.76. The lowest BCUT2D eigenvalue weighted by Gasteiger charge is -2.12. The van der Waals surface area contributed by atoms with Crippen molar-refractivity contribution in [1.29, 1.82) is 0 Å². The molecule has 0 aliphatic heterocycles. The number of aryl methyl sites for hydroxylation is 1. The van der Waals surface area contributed by atoms with Gasteiger partial charge in [0, 0.05) is 13.6 Å². The third kappa shape index (κ3) is 4.02. The van der Waals surface area contributed by atoms with Gasteiger partial charge in [-0.1, -0.05) is 30.3 Å². The van der Waals surface area contributed by atoms with Crippen molar-refractivity contribution in [1.82, 2.24) is 15.6 Å². The third-order valence-electron chi connectivity index (χ3n) is 3.65. The molecule has 0 saturated heterocycles. The largest absolute Gasteiger partial charge is 0.443 e. The van der Waals surface area contributed by atoms with Gasteiger partial charge in [0.25, 0.3) is 0 Å². The Hall–Kier alpha value is -2.60. The van der Waals surface area contributed by atoms with E-state index in [2.05, 4.69) is 39.7 Å². The highest BCUT2D eigenvalue weighted by molar-refractivity contribution is 7.13. The van der Waals surface area contributed by atoms with E-state index >= 15 is 0 Å². The highest BCUT2D eigenvalue weighted by atomic mass is 32.1. The van der Waals surface area contributed by atoms with Crippen molar-refractivity contribution < 1.29 is 4.42 Å². The standard InChI is InChI=1S/C18H20N4OS/c1-13-6-3-4-7-14(13)10-20-18(19-2)21-11-15-12-23-17(22-15)16-8-5-9-24-16/h3-9,12H,10-11H2,1-2H3,(H2,19,20,21). The summed E-state index contributed by atoms with van der Waals surface area (Å²) in [6.45, 7) is 3.39. The second kappa shape index (κ2) is 7.79. The predicted octanol–water partition coefficient (Wildman–Crippen LogP) is 3.58. The van der Waals surface area contributed by atoms with E-state index in [9.17, 15) is 0 Å². The molecule has 0 aliphatic rings. The van der Waals surface area contributed by atoms with Crippen LogP contribution in [0.25, 0.3) is 10.8 Å². The maximum Gasteiger partial charge on any atom is 0.236 e. The molecule has 0 fully saturated rings. The Morgan fingerprint density at radius 2 is 2.00 bits per heavy atom. The number of aliphatic imine (C=N–C) groups is 1. The minimum absolute atomic E-state index is 0.558. The van der Waals surface area contributed by atoms with E-state index in [4.69, 9.17) is 4.42 Å². The molecule has 3 aromatic rings. The van der Waals surface area contributed by atoms with Crippen LogP contribution < -0.4 is 10.6 Å². The lowest BCUT2D eigenvalue weighted by atomic mass is 10.1. The summed E-state index contributed by atoms with van der Waals surface area (Å²) in [6, 6.07) is 12.3. The van der Waals surface area contributed by atoms with Crippen molar-refractivity contribution in [3.05, 3.63) is 64.9 Å². The van der Waals surface area contributed by atoms with Crippen molar-refractivity contribution in [2.45, 2.75) is 20.0 Å². The minimum atomic E-state index is 0.558. The van der Waals surface area contributed by atoms with E-state index in [0.29, 0.717) is 12.4 Å². The number of aromatic nitrogens is 1. The first-order chi connectivity index (χ1) is 11.8. The van der Waals surface area contributed by atoms with Crippen LogP contribution in [-0.4, -0.2) is 18.0 Å². The fourth-order valence-corrected chi connectivity index (χ4v) is 2.94. The van der Waals surface area contributed by atoms with Crippen molar-refractivity contribution in [3.63, 3.8) is 0 Å². The van der Waals surface area contributed by atoms with Gasteiger partial charge in [-0.25, -0.2) is 4.98 Å². The lowest BCUT2D eigenvalue weighted by Crippen LogP contribution is -2.36. The molecule has 1 aromatic carbocycles. The average Bonchev–Trinajstić information content (AvgIpc) is 3.27. The van der Waals surface area contributed by atoms with Crippen molar-refractivity contribution in [2.24, 2.45) is 4.99 Å². The maximum atomic E-state index is 5.52. The van der Waals surface area contributed by atoms with Gasteiger partial charge in [0.1, 0.15) is 6.26 Å². The summed E-state index contributed by atoms with van der Waals surface area (Å²) in [5, 5.41) is 8.58. The number of nitrogens with zero attached hydrogens (tertiary/aromatic N) is 2. The average molecular weight is 340 g/mol. The topological polar surface area (TPSA) is 62.5 Å². The maximum absolute atomic E-state index is 5.52. The summed E-state index contributed by atoms with van der Waals surface area (Å²) in [7, 11) is 1.76. The molecule has 24 heavy (non-hydrogen) atoms. The molecule has 2 N–H and O–H groups in total. The summed E-state index contributed by atoms with van der Waals surface area (Å²) < 4.78 is 5.52. The summed E-state index contributed by atoms with van der Waals surface area (Å²) in [5.41, 5.74) is 3.36. The second-order valence-electron chi connectivity index (χ2n) is 5.33. The molecule has 0 aliphatic carbocycles. The quantitative estimate of drug-likeness (QED) is 0.550. The molecule has 5 nitrogen and oxygen atoms in total. The molecular formula is C18H20N4OS. The first-order valence-corrected chi connectivity index (χ1v) is 8.61. The molecule has 0 unspecified atom stereocenters. The molecule has 6 heteroatoms. The molecular weight excluding hydrogens is 320 g/mol. The number of nitrogens with one attached hydrogen (secondary N) is 2. The van der Waals surface area contributed by atoms with Crippen LogP contribution in [0, 0.1) is 6.92 Å². The molecule has 0 amide bonds. The first-order valence-electron chi connectivity index (χ1n) is 7.73. The summed E-state index contributed by atoms with van der Waals surface area (Å²) >= 11 is 1.61. The predicted molar refractivity (Wildman–Crippen MR) is 98.0 cm³/mol. The van der Waals surface area contributed by atoms with E-state index in [1.807, 2.05) is 29.6 Å². The molecule has 3 rings (SSSR count). The van der Waals surface area contributed by atoms with Gasteiger partial charge in [0.05, 0.1) is 17.1 Å². The number of guanidine groups is 1. The summed E-state index contributed by atoms with van der Waals surface area (Å²) in [6.07, 6.45) is 1.68. The van der Waals surface area contributed by atoms with Crippen LogP contribution >= 0.6 is 11.3 Å². The molecule has 0 spiro atoms. The van der Waals surface area contributed by atoms with Gasteiger partial charge < -0.3 is 15.1 Å². The van der Waals surface area contributed by atoms with Crippen LogP contribution in [0.5, 0.6) is 0 Å². The number of rotatable bonds is 5. The van der Waals surface area contributed by atoms with Crippen molar-refractivity contribution >= 4 is 17.3 Å². The molecule has 2 aromatic heterocycles. The zero-order chi connectivity index (χ0) is 16.8. The SMILES string of the molecule is CN=C(NCc1coc(-c2cccs2)n1)NCc1ccccc1C. The number of thiophene rings is 1. The number of hydrogen-bond donors (Lipinski definition) is 2.